The molecule has 0 unspecified atom stereocenters. The van der Waals surface area contributed by atoms with E-state index in [0.717, 1.165) is 29.9 Å². The summed E-state index contributed by atoms with van der Waals surface area (Å²) in [6.07, 6.45) is 3.49. The molecule has 3 aliphatic rings. The Kier molecular flexibility index (Phi) is 7.18. The number of esters is 4. The summed E-state index contributed by atoms with van der Waals surface area (Å²) in [5, 5.41) is 3.63. The van der Waals surface area contributed by atoms with Crippen molar-refractivity contribution in [1.82, 2.24) is 14.8 Å². The second-order valence-corrected chi connectivity index (χ2v) is 10.5. The Balaban J connectivity index is 1.37. The number of carbonyl (C=O) groups is 4. The van der Waals surface area contributed by atoms with Crippen molar-refractivity contribution in [2.75, 3.05) is 31.5 Å². The number of aromatic nitrogens is 1. The molecule has 0 amide bonds. The van der Waals surface area contributed by atoms with Crippen molar-refractivity contribution in [3.05, 3.63) is 84.2 Å². The number of thiazole rings is 1. The number of ether oxygens (including phenoxy) is 4. The first-order chi connectivity index (χ1) is 20.3. The fourth-order valence-corrected chi connectivity index (χ4v) is 5.88. The van der Waals surface area contributed by atoms with Crippen LogP contribution in [0.25, 0.3) is 10.2 Å². The molecule has 1 N–H and O–H groups in total. The number of hydrogen-bond acceptors (Lipinski definition) is 13. The van der Waals surface area contributed by atoms with E-state index < -0.39 is 35.7 Å². The van der Waals surface area contributed by atoms with E-state index >= 15 is 0 Å². The fourth-order valence-electron chi connectivity index (χ4n) is 4.96. The monoisotopic (exact) mass is 594 g/mol. The van der Waals surface area contributed by atoms with E-state index in [1.54, 1.807) is 18.2 Å². The molecular formula is C28H23FN4O8S. The smallest absolute Gasteiger partial charge is 0.397 e. The lowest BCUT2D eigenvalue weighted by molar-refractivity contribution is -0.464. The van der Waals surface area contributed by atoms with Crippen LogP contribution in [0.15, 0.2) is 72.8 Å². The molecule has 0 atom stereocenters. The zero-order valence-corrected chi connectivity index (χ0v) is 22.7. The molecule has 6 rings (SSSR count). The number of anilines is 1. The Morgan fingerprint density at radius 3 is 2.00 bits per heavy atom. The van der Waals surface area contributed by atoms with Crippen LogP contribution < -0.4 is 5.32 Å². The van der Waals surface area contributed by atoms with Crippen molar-refractivity contribution in [2.24, 2.45) is 0 Å². The second-order valence-electron chi connectivity index (χ2n) is 9.47. The molecular weight excluding hydrogens is 571 g/mol. The Morgan fingerprint density at radius 2 is 1.38 bits per heavy atom. The molecule has 2 aromatic carbocycles. The highest BCUT2D eigenvalue weighted by atomic mass is 32.1. The van der Waals surface area contributed by atoms with E-state index in [9.17, 15) is 23.6 Å². The minimum atomic E-state index is -2.53. The number of hydrogen-bond donors (Lipinski definition) is 1. The van der Waals surface area contributed by atoms with E-state index in [1.165, 1.54) is 33.3 Å². The molecule has 14 heteroatoms. The third-order valence-electron chi connectivity index (χ3n) is 6.76. The van der Waals surface area contributed by atoms with Crippen molar-refractivity contribution >= 4 is 50.6 Å². The van der Waals surface area contributed by atoms with E-state index in [0.29, 0.717) is 15.3 Å². The van der Waals surface area contributed by atoms with Gasteiger partial charge >= 0.3 is 35.7 Å². The van der Waals surface area contributed by atoms with E-state index in [1.807, 2.05) is 18.2 Å². The Bertz CT molecular complexity index is 1580. The van der Waals surface area contributed by atoms with Gasteiger partial charge in [-0.05, 0) is 23.8 Å². The third-order valence-corrected chi connectivity index (χ3v) is 7.74. The van der Waals surface area contributed by atoms with Gasteiger partial charge in [-0.15, -0.1) is 0 Å². The van der Waals surface area contributed by atoms with Crippen molar-refractivity contribution < 1.29 is 42.5 Å². The van der Waals surface area contributed by atoms with Gasteiger partial charge in [-0.25, -0.2) is 38.4 Å². The molecule has 1 aromatic heterocycles. The second kappa shape index (κ2) is 11.0. The standard InChI is InChI=1S/C28H23FN4O8S/c29-19-6-7-20-21(16-19)42-26(31-20)30-12-13-32-14-15-33(17-18-4-2-1-3-5-18)28(40-24(36)10-11-25(37)41-28)27(32)38-22(34)8-9-23(35)39-27/h1-11,16H,12-15,17H2,(H,30,31). The van der Waals surface area contributed by atoms with Gasteiger partial charge < -0.3 is 24.3 Å². The predicted octanol–water partition coefficient (Wildman–Crippen LogP) is 2.29. The van der Waals surface area contributed by atoms with Crippen molar-refractivity contribution in [3.8, 4) is 0 Å². The van der Waals surface area contributed by atoms with Crippen molar-refractivity contribution in [3.63, 3.8) is 0 Å². The molecule has 0 radical (unpaired) electrons. The Morgan fingerprint density at radius 1 is 0.810 bits per heavy atom. The summed E-state index contributed by atoms with van der Waals surface area (Å²) in [6, 6.07) is 13.3. The first kappa shape index (κ1) is 27.5. The van der Waals surface area contributed by atoms with E-state index in [-0.39, 0.29) is 38.5 Å². The normalized spacial score (nSPS) is 20.1. The maximum atomic E-state index is 13.7. The number of rotatable bonds is 6. The summed E-state index contributed by atoms with van der Waals surface area (Å²) in [5.74, 6) is -9.38. The molecule has 216 valence electrons. The van der Waals surface area contributed by atoms with Crippen LogP contribution in [-0.4, -0.2) is 76.7 Å². The van der Waals surface area contributed by atoms with Gasteiger partial charge in [0.15, 0.2) is 5.13 Å². The average Bonchev–Trinajstić information content (AvgIpc) is 3.20. The summed E-state index contributed by atoms with van der Waals surface area (Å²) in [5.41, 5.74) is 1.36. The number of nitrogens with one attached hydrogen (secondary N) is 1. The molecule has 0 aliphatic carbocycles. The van der Waals surface area contributed by atoms with Gasteiger partial charge in [-0.1, -0.05) is 41.7 Å². The number of fused-ring (bicyclic) bond motifs is 2. The predicted molar refractivity (Wildman–Crippen MR) is 145 cm³/mol. The highest BCUT2D eigenvalue weighted by molar-refractivity contribution is 7.22. The minimum Gasteiger partial charge on any atom is -0.397 e. The Labute approximate surface area is 241 Å². The summed E-state index contributed by atoms with van der Waals surface area (Å²) in [4.78, 5) is 58.8. The van der Waals surface area contributed by atoms with Crippen LogP contribution in [0.1, 0.15) is 5.56 Å². The van der Waals surface area contributed by atoms with Crippen LogP contribution >= 0.6 is 11.3 Å². The SMILES string of the molecule is O=C1C=CC(=O)OC2(O1)N(CCNc1nc3ccc(F)cc3s1)CCN(Cc1ccccc1)C21OC(=O)C=CC(=O)O1. The number of piperazine rings is 1. The van der Waals surface area contributed by atoms with Crippen molar-refractivity contribution in [2.45, 2.75) is 18.4 Å². The molecule has 1 saturated heterocycles. The number of nitrogens with zero attached hydrogens (tertiary/aromatic N) is 3. The average molecular weight is 595 g/mol. The van der Waals surface area contributed by atoms with Gasteiger partial charge in [-0.2, -0.15) is 0 Å². The van der Waals surface area contributed by atoms with Crippen LogP contribution in [0.2, 0.25) is 0 Å². The zero-order valence-electron chi connectivity index (χ0n) is 21.9. The first-order valence-corrected chi connectivity index (χ1v) is 13.7. The molecule has 1 fully saturated rings. The van der Waals surface area contributed by atoms with Gasteiger partial charge in [-0.3, -0.25) is 0 Å². The van der Waals surface area contributed by atoms with Crippen LogP contribution in [0.3, 0.4) is 0 Å². The van der Waals surface area contributed by atoms with Gasteiger partial charge in [0.2, 0.25) is 0 Å². The van der Waals surface area contributed by atoms with Crippen LogP contribution in [-0.2, 0) is 44.7 Å². The largest absolute Gasteiger partial charge is 0.420 e. The van der Waals surface area contributed by atoms with Gasteiger partial charge in [0.1, 0.15) is 5.82 Å². The van der Waals surface area contributed by atoms with Crippen LogP contribution in [0.4, 0.5) is 9.52 Å². The lowest BCUT2D eigenvalue weighted by Gasteiger charge is -2.55. The summed E-state index contributed by atoms with van der Waals surface area (Å²) in [6.45, 7) is 0.542. The maximum absolute atomic E-state index is 13.7. The highest BCUT2D eigenvalue weighted by Gasteiger charge is 2.74. The molecule has 3 aliphatic heterocycles. The molecule has 42 heavy (non-hydrogen) atoms. The quantitative estimate of drug-likeness (QED) is 0.419. The van der Waals surface area contributed by atoms with E-state index in [2.05, 4.69) is 10.3 Å². The number of halogens is 1. The minimum absolute atomic E-state index is 0.0360. The molecule has 12 nitrogen and oxygen atoms in total. The summed E-state index contributed by atoms with van der Waals surface area (Å²) >= 11 is 1.24. The highest BCUT2D eigenvalue weighted by Crippen LogP contribution is 2.44. The number of benzene rings is 2. The maximum Gasteiger partial charge on any atom is 0.420 e. The molecule has 4 heterocycles. The summed E-state index contributed by atoms with van der Waals surface area (Å²) < 4.78 is 37.3. The lowest BCUT2D eigenvalue weighted by Crippen LogP contribution is -2.80. The number of carbonyl (C=O) groups excluding carboxylic acids is 4. The topological polar surface area (TPSA) is 137 Å². The van der Waals surface area contributed by atoms with Crippen molar-refractivity contribution in [1.29, 1.82) is 0 Å². The van der Waals surface area contributed by atoms with Crippen LogP contribution in [0.5, 0.6) is 0 Å². The molecule has 0 bridgehead atoms. The molecule has 2 spiro atoms. The van der Waals surface area contributed by atoms with Gasteiger partial charge in [0.25, 0.3) is 0 Å². The Hall–Kier alpha value is -4.66. The molecule has 0 saturated carbocycles. The van der Waals surface area contributed by atoms with Crippen LogP contribution in [0, 0.1) is 5.82 Å². The first-order valence-electron chi connectivity index (χ1n) is 12.9. The third kappa shape index (κ3) is 5.11. The van der Waals surface area contributed by atoms with Gasteiger partial charge in [0, 0.05) is 57.0 Å². The zero-order chi connectivity index (χ0) is 29.3. The van der Waals surface area contributed by atoms with Gasteiger partial charge in [0.05, 0.1) is 10.2 Å². The lowest BCUT2D eigenvalue weighted by atomic mass is 10.1. The fraction of sp³-hybridized carbons (Fsp3) is 0.250. The molecule has 3 aromatic rings. The summed E-state index contributed by atoms with van der Waals surface area (Å²) in [7, 11) is 0. The van der Waals surface area contributed by atoms with E-state index in [4.69, 9.17) is 18.9 Å².